The van der Waals surface area contributed by atoms with E-state index in [-0.39, 0.29) is 48.2 Å². The van der Waals surface area contributed by atoms with Gasteiger partial charge in [0.05, 0.1) is 19.4 Å². The molecule has 5 heterocycles. The van der Waals surface area contributed by atoms with Gasteiger partial charge >= 0.3 is 11.9 Å². The van der Waals surface area contributed by atoms with Crippen molar-refractivity contribution in [3.05, 3.63) is 17.2 Å². The second kappa shape index (κ2) is 11.3. The fraction of sp³-hybridized carbons (Fsp3) is 0.778. The molecule has 0 radical (unpaired) electrons. The first-order valence-corrected chi connectivity index (χ1v) is 14.2. The Labute approximate surface area is 232 Å². The summed E-state index contributed by atoms with van der Waals surface area (Å²) in [6.45, 7) is 6.88. The molecule has 0 N–H and O–H groups in total. The van der Waals surface area contributed by atoms with Gasteiger partial charge in [0.1, 0.15) is 6.07 Å². The molecular weight excluding hydrogens is 530 g/mol. The number of rotatable bonds is 9. The molecule has 4 aliphatic heterocycles. The summed E-state index contributed by atoms with van der Waals surface area (Å²) in [7, 11) is 0. The number of aryl methyl sites for hydroxylation is 1. The zero-order valence-electron chi connectivity index (χ0n) is 22.6. The number of hydrogen-bond acceptors (Lipinski definition) is 10. The summed E-state index contributed by atoms with van der Waals surface area (Å²) < 4.78 is 25.2. The van der Waals surface area contributed by atoms with E-state index in [9.17, 15) is 9.59 Å². The average Bonchev–Trinajstić information content (AvgIpc) is 3.11. The molecular formula is C27H36ClN3O8. The Bertz CT molecular complexity index is 1120. The van der Waals surface area contributed by atoms with Crippen LogP contribution in [0.15, 0.2) is 6.20 Å². The Hall–Kier alpha value is -2.23. The number of fused-ring (bicyclic) bond motifs is 2. The van der Waals surface area contributed by atoms with E-state index >= 15 is 0 Å². The first-order valence-electron chi connectivity index (χ1n) is 13.8. The molecule has 0 amide bonds. The van der Waals surface area contributed by atoms with Gasteiger partial charge in [-0.1, -0.05) is 13.8 Å². The summed E-state index contributed by atoms with van der Waals surface area (Å²) in [6, 6.07) is 1.94. The standard InChI is InChI=1S/C27H36ClN3O8/c1-16-6-7-20-17(2)23(36-24-27(20)19(16)10-11-26(3,37-24)38-39-27)35-22(33)9-8-21(32)34-13-5-4-12-31-15-18(14-29)30-25(31)28/h15-17,19-20,23-24H,4-13H2,1-3H3/t16-,17-,19+,20+,23-,24-,26-,27-/m1/s1. The van der Waals surface area contributed by atoms with E-state index in [1.165, 1.54) is 0 Å². The van der Waals surface area contributed by atoms with Crippen LogP contribution in [-0.4, -0.2) is 52.1 Å². The number of unbranched alkanes of at least 4 members (excludes halogenated alkanes) is 1. The predicted octanol–water partition coefficient (Wildman–Crippen LogP) is 4.26. The van der Waals surface area contributed by atoms with Crippen molar-refractivity contribution in [1.82, 2.24) is 9.55 Å². The van der Waals surface area contributed by atoms with Crippen molar-refractivity contribution >= 4 is 23.5 Å². The van der Waals surface area contributed by atoms with Gasteiger partial charge in [-0.15, -0.1) is 0 Å². The molecule has 39 heavy (non-hydrogen) atoms. The number of carbonyl (C=O) groups excluding carboxylic acids is 2. The molecule has 5 aliphatic rings. The third-order valence-electron chi connectivity index (χ3n) is 8.78. The molecule has 2 bridgehead atoms. The van der Waals surface area contributed by atoms with Gasteiger partial charge in [0.25, 0.3) is 0 Å². The average molecular weight is 566 g/mol. The van der Waals surface area contributed by atoms with Crippen LogP contribution in [0.2, 0.25) is 5.28 Å². The van der Waals surface area contributed by atoms with E-state index in [0.29, 0.717) is 31.7 Å². The fourth-order valence-electron chi connectivity index (χ4n) is 6.65. The molecule has 0 aromatic carbocycles. The van der Waals surface area contributed by atoms with Crippen LogP contribution in [0.1, 0.15) is 77.8 Å². The van der Waals surface area contributed by atoms with Crippen LogP contribution in [0.3, 0.4) is 0 Å². The minimum atomic E-state index is -0.902. The lowest BCUT2D eigenvalue weighted by Crippen LogP contribution is -2.70. The van der Waals surface area contributed by atoms with E-state index in [0.717, 1.165) is 19.3 Å². The highest BCUT2D eigenvalue weighted by atomic mass is 35.5. The molecule has 1 aromatic heterocycles. The van der Waals surface area contributed by atoms with Crippen LogP contribution >= 0.6 is 11.6 Å². The minimum Gasteiger partial charge on any atom is -0.466 e. The summed E-state index contributed by atoms with van der Waals surface area (Å²) in [5, 5.41) is 9.12. The van der Waals surface area contributed by atoms with Gasteiger partial charge in [-0.05, 0) is 62.5 Å². The van der Waals surface area contributed by atoms with Crippen LogP contribution in [0, 0.1) is 35.0 Å². The molecule has 1 saturated carbocycles. The molecule has 0 unspecified atom stereocenters. The molecule has 1 aromatic rings. The predicted molar refractivity (Wildman–Crippen MR) is 134 cm³/mol. The van der Waals surface area contributed by atoms with Gasteiger partial charge in [0, 0.05) is 31.0 Å². The van der Waals surface area contributed by atoms with Crippen LogP contribution in [0.25, 0.3) is 0 Å². The second-order valence-electron chi connectivity index (χ2n) is 11.4. The summed E-state index contributed by atoms with van der Waals surface area (Å²) in [6.07, 6.45) is 4.77. The number of nitrogens with zero attached hydrogens (tertiary/aromatic N) is 3. The van der Waals surface area contributed by atoms with Crippen molar-refractivity contribution in [2.45, 2.75) is 103 Å². The maximum Gasteiger partial charge on any atom is 0.308 e. The number of imidazole rings is 1. The van der Waals surface area contributed by atoms with Crippen LogP contribution in [0.4, 0.5) is 0 Å². The summed E-state index contributed by atoms with van der Waals surface area (Å²) >= 11 is 5.97. The minimum absolute atomic E-state index is 0.0477. The van der Waals surface area contributed by atoms with E-state index in [2.05, 4.69) is 11.9 Å². The molecule has 1 aliphatic carbocycles. The van der Waals surface area contributed by atoms with Gasteiger partial charge in [-0.3, -0.25) is 9.59 Å². The highest BCUT2D eigenvalue weighted by Gasteiger charge is 2.69. The highest BCUT2D eigenvalue weighted by Crippen LogP contribution is 2.60. The molecule has 6 rings (SSSR count). The number of esters is 2. The van der Waals surface area contributed by atoms with Gasteiger partial charge < -0.3 is 23.5 Å². The van der Waals surface area contributed by atoms with Crippen molar-refractivity contribution in [1.29, 1.82) is 5.26 Å². The van der Waals surface area contributed by atoms with Crippen molar-refractivity contribution < 1.29 is 38.3 Å². The Morgan fingerprint density at radius 3 is 2.74 bits per heavy atom. The lowest BCUT2D eigenvalue weighted by Gasteiger charge is -2.59. The van der Waals surface area contributed by atoms with E-state index in [4.69, 9.17) is 45.6 Å². The van der Waals surface area contributed by atoms with E-state index in [1.54, 1.807) is 10.8 Å². The van der Waals surface area contributed by atoms with Crippen molar-refractivity contribution in [2.75, 3.05) is 6.61 Å². The van der Waals surface area contributed by atoms with E-state index in [1.807, 2.05) is 19.9 Å². The summed E-state index contributed by atoms with van der Waals surface area (Å²) in [5.41, 5.74) is -0.463. The Kier molecular flexibility index (Phi) is 8.23. The number of halogens is 1. The lowest BCUT2D eigenvalue weighted by molar-refractivity contribution is -0.576. The Balaban J connectivity index is 1.08. The number of nitriles is 1. The lowest BCUT2D eigenvalue weighted by atomic mass is 9.58. The third-order valence-corrected chi connectivity index (χ3v) is 9.08. The Morgan fingerprint density at radius 2 is 1.97 bits per heavy atom. The normalized spacial score (nSPS) is 36.9. The van der Waals surface area contributed by atoms with E-state index < -0.39 is 35.9 Å². The number of aromatic nitrogens is 2. The fourth-order valence-corrected chi connectivity index (χ4v) is 6.87. The monoisotopic (exact) mass is 565 g/mol. The second-order valence-corrected chi connectivity index (χ2v) is 11.7. The summed E-state index contributed by atoms with van der Waals surface area (Å²) in [4.78, 5) is 40.7. The number of carbonyl (C=O) groups is 2. The first-order chi connectivity index (χ1) is 18.6. The van der Waals surface area contributed by atoms with Gasteiger partial charge in [-0.2, -0.15) is 5.26 Å². The quantitative estimate of drug-likeness (QED) is 0.243. The zero-order chi connectivity index (χ0) is 27.8. The number of ether oxygens (including phenoxy) is 4. The van der Waals surface area contributed by atoms with Crippen molar-refractivity contribution in [3.63, 3.8) is 0 Å². The molecule has 4 saturated heterocycles. The molecule has 214 valence electrons. The summed E-state index contributed by atoms with van der Waals surface area (Å²) in [5.74, 6) is -1.31. The maximum absolute atomic E-state index is 12.7. The smallest absolute Gasteiger partial charge is 0.308 e. The van der Waals surface area contributed by atoms with Crippen molar-refractivity contribution in [3.8, 4) is 6.07 Å². The third kappa shape index (κ3) is 5.55. The first kappa shape index (κ1) is 28.3. The molecule has 5 fully saturated rings. The molecule has 11 nitrogen and oxygen atoms in total. The highest BCUT2D eigenvalue weighted by molar-refractivity contribution is 6.28. The molecule has 12 heteroatoms. The molecule has 1 spiro atoms. The Morgan fingerprint density at radius 1 is 1.18 bits per heavy atom. The SMILES string of the molecule is C[C@H]1[C@H](OC(=O)CCC(=O)OCCCCn2cc(C#N)nc2Cl)O[C@@H]2O[C@@]3(C)CC[C@H]4[C@H](C)CC[C@@H]1[C@@]24OO3. The van der Waals surface area contributed by atoms with Crippen molar-refractivity contribution in [2.24, 2.45) is 23.7 Å². The largest absolute Gasteiger partial charge is 0.466 e. The maximum atomic E-state index is 12.7. The van der Waals surface area contributed by atoms with Crippen LogP contribution in [0.5, 0.6) is 0 Å². The van der Waals surface area contributed by atoms with Gasteiger partial charge in [-0.25, -0.2) is 14.8 Å². The zero-order valence-corrected chi connectivity index (χ0v) is 23.4. The van der Waals surface area contributed by atoms with Crippen LogP contribution < -0.4 is 0 Å². The number of hydrogen-bond donors (Lipinski definition) is 0. The van der Waals surface area contributed by atoms with Crippen LogP contribution in [-0.2, 0) is 44.9 Å². The topological polar surface area (TPSA) is 131 Å². The van der Waals surface area contributed by atoms with Gasteiger partial charge in [0.15, 0.2) is 17.6 Å². The van der Waals surface area contributed by atoms with Gasteiger partial charge in [0.2, 0.25) is 17.4 Å². The molecule has 8 atom stereocenters.